The topological polar surface area (TPSA) is 74.6 Å². The van der Waals surface area contributed by atoms with Gasteiger partial charge in [-0.3, -0.25) is 9.59 Å². The van der Waals surface area contributed by atoms with E-state index in [2.05, 4.69) is 0 Å². The Labute approximate surface area is 138 Å². The highest BCUT2D eigenvalue weighted by Gasteiger charge is 2.42. The summed E-state index contributed by atoms with van der Waals surface area (Å²) in [6, 6.07) is 0. The van der Waals surface area contributed by atoms with Gasteiger partial charge in [-0.2, -0.15) is 0 Å². The van der Waals surface area contributed by atoms with E-state index >= 15 is 0 Å². The van der Waals surface area contributed by atoms with Gasteiger partial charge in [-0.05, 0) is 17.3 Å². The minimum atomic E-state index is -0.498. The highest BCUT2D eigenvalue weighted by Crippen LogP contribution is 2.44. The van der Waals surface area contributed by atoms with Gasteiger partial charge in [-0.25, -0.2) is 0 Å². The molecule has 2 aliphatic rings. The monoisotopic (exact) mass is 320 g/mol. The van der Waals surface area contributed by atoms with Gasteiger partial charge in [0.15, 0.2) is 11.6 Å². The number of carbonyl (C=O) groups excluding carboxylic acids is 2. The number of Topliss-reactive ketones (excluding diaryl/α,β-unsaturated/α-hetero) is 2. The second-order valence-electron chi connectivity index (χ2n) is 8.56. The lowest BCUT2D eigenvalue weighted by atomic mass is 9.68. The lowest BCUT2D eigenvalue weighted by Gasteiger charge is -2.36. The second kappa shape index (κ2) is 5.81. The van der Waals surface area contributed by atoms with E-state index < -0.39 is 5.92 Å². The summed E-state index contributed by atoms with van der Waals surface area (Å²) >= 11 is 0. The molecule has 0 radical (unpaired) electrons. The molecule has 0 aromatic carbocycles. The molecule has 0 saturated heterocycles. The van der Waals surface area contributed by atoms with Crippen LogP contribution in [-0.4, -0.2) is 21.8 Å². The molecule has 0 amide bonds. The van der Waals surface area contributed by atoms with Gasteiger partial charge in [0.1, 0.15) is 11.5 Å². The first-order valence-electron chi connectivity index (χ1n) is 8.38. The second-order valence-corrected chi connectivity index (χ2v) is 8.56. The molecule has 0 atom stereocenters. The van der Waals surface area contributed by atoms with Crippen LogP contribution in [0.2, 0.25) is 0 Å². The maximum absolute atomic E-state index is 12.6. The zero-order valence-corrected chi connectivity index (χ0v) is 14.8. The van der Waals surface area contributed by atoms with Crippen molar-refractivity contribution in [1.82, 2.24) is 0 Å². The van der Waals surface area contributed by atoms with Gasteiger partial charge in [0.05, 0.1) is 0 Å². The van der Waals surface area contributed by atoms with Crippen molar-refractivity contribution in [2.75, 3.05) is 0 Å². The van der Waals surface area contributed by atoms with Crippen LogP contribution < -0.4 is 0 Å². The third-order valence-corrected chi connectivity index (χ3v) is 4.90. The number of aliphatic hydroxyl groups excluding tert-OH is 2. The van der Waals surface area contributed by atoms with E-state index in [9.17, 15) is 19.8 Å². The predicted molar refractivity (Wildman–Crippen MR) is 89.1 cm³/mol. The van der Waals surface area contributed by atoms with Gasteiger partial charge in [0, 0.05) is 42.7 Å². The van der Waals surface area contributed by atoms with Crippen molar-refractivity contribution in [1.29, 1.82) is 0 Å². The number of allylic oxidation sites excluding steroid dienone is 4. The largest absolute Gasteiger partial charge is 0.512 e. The van der Waals surface area contributed by atoms with Crippen molar-refractivity contribution in [3.8, 4) is 0 Å². The SMILES string of the molecule is CCC(C1=C(O)CC(C)(C)CC1=O)C1=C(O)CC(C)(C)CC1=O. The fourth-order valence-electron chi connectivity index (χ4n) is 3.95. The molecule has 128 valence electrons. The van der Waals surface area contributed by atoms with Gasteiger partial charge < -0.3 is 10.2 Å². The Morgan fingerprint density at radius 1 is 0.826 bits per heavy atom. The van der Waals surface area contributed by atoms with Crippen LogP contribution >= 0.6 is 0 Å². The lowest BCUT2D eigenvalue weighted by molar-refractivity contribution is -0.119. The van der Waals surface area contributed by atoms with Crippen LogP contribution in [0.1, 0.15) is 66.7 Å². The van der Waals surface area contributed by atoms with Crippen LogP contribution in [0.25, 0.3) is 0 Å². The number of aliphatic hydroxyl groups is 2. The van der Waals surface area contributed by atoms with Crippen molar-refractivity contribution in [2.24, 2.45) is 16.7 Å². The summed E-state index contributed by atoms with van der Waals surface area (Å²) in [6.45, 7) is 9.67. The van der Waals surface area contributed by atoms with Crippen molar-refractivity contribution < 1.29 is 19.8 Å². The molecule has 0 aliphatic heterocycles. The summed E-state index contributed by atoms with van der Waals surface area (Å²) in [5, 5.41) is 20.9. The molecule has 0 aromatic rings. The summed E-state index contributed by atoms with van der Waals surface area (Å²) in [6.07, 6.45) is 2.08. The highest BCUT2D eigenvalue weighted by atomic mass is 16.3. The van der Waals surface area contributed by atoms with Crippen molar-refractivity contribution in [3.05, 3.63) is 22.7 Å². The maximum atomic E-state index is 12.6. The first-order chi connectivity index (χ1) is 10.5. The molecular formula is C19H28O4. The fraction of sp³-hybridized carbons (Fsp3) is 0.684. The van der Waals surface area contributed by atoms with Crippen LogP contribution in [0.4, 0.5) is 0 Å². The fourth-order valence-corrected chi connectivity index (χ4v) is 3.95. The Balaban J connectivity index is 2.48. The molecule has 0 spiro atoms. The molecular weight excluding hydrogens is 292 g/mol. The molecule has 0 bridgehead atoms. The third-order valence-electron chi connectivity index (χ3n) is 4.90. The molecule has 2 N–H and O–H groups in total. The average molecular weight is 320 g/mol. The van der Waals surface area contributed by atoms with Crippen LogP contribution in [0.3, 0.4) is 0 Å². The zero-order valence-electron chi connectivity index (χ0n) is 14.8. The number of rotatable bonds is 3. The molecule has 2 aliphatic carbocycles. The van der Waals surface area contributed by atoms with E-state index in [-0.39, 0.29) is 33.9 Å². The summed E-state index contributed by atoms with van der Waals surface area (Å²) in [5.41, 5.74) is 0.137. The van der Waals surface area contributed by atoms with Crippen LogP contribution in [-0.2, 0) is 9.59 Å². The zero-order chi connectivity index (χ0) is 17.6. The molecule has 4 nitrogen and oxygen atoms in total. The number of hydrogen-bond donors (Lipinski definition) is 2. The summed E-state index contributed by atoms with van der Waals surface area (Å²) in [4.78, 5) is 25.1. The Kier molecular flexibility index (Phi) is 4.49. The lowest BCUT2D eigenvalue weighted by Crippen LogP contribution is -2.34. The van der Waals surface area contributed by atoms with E-state index in [1.807, 2.05) is 34.6 Å². The van der Waals surface area contributed by atoms with E-state index in [0.717, 1.165) is 0 Å². The number of ketones is 2. The van der Waals surface area contributed by atoms with Gasteiger partial charge in [-0.1, -0.05) is 34.6 Å². The molecule has 0 unspecified atom stereocenters. The number of hydrogen-bond acceptors (Lipinski definition) is 4. The smallest absolute Gasteiger partial charge is 0.163 e. The van der Waals surface area contributed by atoms with Gasteiger partial charge in [-0.15, -0.1) is 0 Å². The highest BCUT2D eigenvalue weighted by molar-refractivity contribution is 6.03. The molecule has 4 heteroatoms. The molecule has 0 heterocycles. The minimum absolute atomic E-state index is 0.0797. The standard InChI is InChI=1S/C19H28O4/c1-6-11(16-12(20)7-18(2,3)8-13(16)21)17-14(22)9-19(4,5)10-15(17)23/h11,20,22H,6-10H2,1-5H3. The average Bonchev–Trinajstić information content (AvgIpc) is 2.31. The Morgan fingerprint density at radius 2 is 1.17 bits per heavy atom. The summed E-state index contributed by atoms with van der Waals surface area (Å²) < 4.78 is 0. The number of carbonyl (C=O) groups is 2. The first-order valence-corrected chi connectivity index (χ1v) is 8.38. The van der Waals surface area contributed by atoms with Gasteiger partial charge >= 0.3 is 0 Å². The molecule has 0 aromatic heterocycles. The van der Waals surface area contributed by atoms with Crippen molar-refractivity contribution in [2.45, 2.75) is 66.7 Å². The molecule has 2 rings (SSSR count). The maximum Gasteiger partial charge on any atom is 0.163 e. The predicted octanol–water partition coefficient (Wildman–Crippen LogP) is 4.42. The van der Waals surface area contributed by atoms with Crippen LogP contribution in [0, 0.1) is 16.7 Å². The molecule has 0 saturated carbocycles. The summed E-state index contributed by atoms with van der Waals surface area (Å²) in [5.74, 6) is -0.554. The third kappa shape index (κ3) is 3.51. The normalized spacial score (nSPS) is 24.6. The van der Waals surface area contributed by atoms with E-state index in [1.54, 1.807) is 0 Å². The van der Waals surface area contributed by atoms with Crippen molar-refractivity contribution in [3.63, 3.8) is 0 Å². The van der Waals surface area contributed by atoms with Gasteiger partial charge in [0.25, 0.3) is 0 Å². The quantitative estimate of drug-likeness (QED) is 0.807. The Hall–Kier alpha value is -1.58. The Morgan fingerprint density at radius 3 is 1.43 bits per heavy atom. The Bertz CT molecular complexity index is 553. The molecule has 23 heavy (non-hydrogen) atoms. The summed E-state index contributed by atoms with van der Waals surface area (Å²) in [7, 11) is 0. The van der Waals surface area contributed by atoms with Crippen LogP contribution in [0.15, 0.2) is 22.7 Å². The molecule has 0 fully saturated rings. The van der Waals surface area contributed by atoms with E-state index in [1.165, 1.54) is 0 Å². The minimum Gasteiger partial charge on any atom is -0.512 e. The van der Waals surface area contributed by atoms with Crippen molar-refractivity contribution >= 4 is 11.6 Å². The van der Waals surface area contributed by atoms with E-state index in [4.69, 9.17) is 0 Å². The van der Waals surface area contributed by atoms with E-state index in [0.29, 0.717) is 43.3 Å². The van der Waals surface area contributed by atoms with Crippen LogP contribution in [0.5, 0.6) is 0 Å². The van der Waals surface area contributed by atoms with Gasteiger partial charge in [0.2, 0.25) is 0 Å². The first kappa shape index (κ1) is 17.8.